The molecule has 7 nitrogen and oxygen atoms in total. The summed E-state index contributed by atoms with van der Waals surface area (Å²) in [5, 5.41) is 6.56. The average molecular weight is 424 g/mol. The number of pyridine rings is 1. The molecule has 2 aromatic heterocycles. The molecule has 1 aliphatic heterocycles. The van der Waals surface area contributed by atoms with Crippen LogP contribution in [-0.4, -0.2) is 47.1 Å². The van der Waals surface area contributed by atoms with Crippen molar-refractivity contribution in [2.45, 2.75) is 38.3 Å². The Labute approximate surface area is 179 Å². The van der Waals surface area contributed by atoms with Gasteiger partial charge in [-0.2, -0.15) is 0 Å². The first kappa shape index (κ1) is 21.0. The predicted molar refractivity (Wildman–Crippen MR) is 114 cm³/mol. The third-order valence-corrected chi connectivity index (χ3v) is 5.39. The van der Waals surface area contributed by atoms with Crippen molar-refractivity contribution < 1.29 is 18.7 Å². The Morgan fingerprint density at radius 2 is 2.10 bits per heavy atom. The third kappa shape index (κ3) is 5.27. The summed E-state index contributed by atoms with van der Waals surface area (Å²) in [6.07, 6.45) is 3.79. The van der Waals surface area contributed by atoms with Crippen LogP contribution in [0.3, 0.4) is 0 Å². The molecule has 1 saturated heterocycles. The highest BCUT2D eigenvalue weighted by molar-refractivity contribution is 6.00. The Bertz CT molecular complexity index is 1070. The molecule has 8 heteroatoms. The maximum Gasteiger partial charge on any atom is 0.268 e. The fourth-order valence-electron chi connectivity index (χ4n) is 3.71. The first-order valence-corrected chi connectivity index (χ1v) is 10.4. The van der Waals surface area contributed by atoms with Crippen LogP contribution < -0.4 is 10.6 Å². The molecule has 1 fully saturated rings. The van der Waals surface area contributed by atoms with Crippen molar-refractivity contribution in [1.82, 2.24) is 20.6 Å². The SMILES string of the molecule is Cc1cc2cc(C(=O)N[C@@H](Cc3ccc(F)cc3)C(=O)NCC3CCCO3)[nH]c2cn1. The van der Waals surface area contributed by atoms with Gasteiger partial charge < -0.3 is 20.4 Å². The number of halogens is 1. The van der Waals surface area contributed by atoms with Crippen LogP contribution in [0.1, 0.15) is 34.6 Å². The fraction of sp³-hybridized carbons (Fsp3) is 0.348. The molecule has 0 spiro atoms. The zero-order valence-corrected chi connectivity index (χ0v) is 17.3. The second kappa shape index (κ2) is 9.26. The minimum absolute atomic E-state index is 0.00410. The fourth-order valence-corrected chi connectivity index (χ4v) is 3.71. The van der Waals surface area contributed by atoms with Crippen LogP contribution in [0.25, 0.3) is 10.9 Å². The number of benzene rings is 1. The molecular weight excluding hydrogens is 399 g/mol. The monoisotopic (exact) mass is 424 g/mol. The molecule has 3 N–H and O–H groups in total. The Hall–Kier alpha value is -3.26. The third-order valence-electron chi connectivity index (χ3n) is 5.39. The smallest absolute Gasteiger partial charge is 0.268 e. The number of carbonyl (C=O) groups excluding carboxylic acids is 2. The predicted octanol–water partition coefficient (Wildman–Crippen LogP) is 2.65. The van der Waals surface area contributed by atoms with E-state index in [0.29, 0.717) is 18.8 Å². The summed E-state index contributed by atoms with van der Waals surface area (Å²) < 4.78 is 18.8. The molecule has 3 aromatic rings. The number of nitrogens with zero attached hydrogens (tertiary/aromatic N) is 1. The number of fused-ring (bicyclic) bond motifs is 1. The number of hydrogen-bond acceptors (Lipinski definition) is 4. The van der Waals surface area contributed by atoms with Crippen LogP contribution in [0.4, 0.5) is 4.39 Å². The van der Waals surface area contributed by atoms with E-state index in [0.717, 1.165) is 35.0 Å². The number of nitrogens with one attached hydrogen (secondary N) is 3. The summed E-state index contributed by atoms with van der Waals surface area (Å²) in [4.78, 5) is 33.0. The van der Waals surface area contributed by atoms with Gasteiger partial charge in [0.15, 0.2) is 0 Å². The van der Waals surface area contributed by atoms with Gasteiger partial charge in [-0.15, -0.1) is 0 Å². The standard InChI is InChI=1S/C23H25FN4O3/c1-14-9-16-11-20(27-21(16)13-25-14)23(30)28-19(10-15-4-6-17(24)7-5-15)22(29)26-12-18-3-2-8-31-18/h4-7,9,11,13,18-19,27H,2-3,8,10,12H2,1H3,(H,26,29)(H,28,30)/t18?,19-/m0/s1. The second-order valence-electron chi connectivity index (χ2n) is 7.83. The lowest BCUT2D eigenvalue weighted by molar-refractivity contribution is -0.123. The van der Waals surface area contributed by atoms with Crippen molar-refractivity contribution in [2.24, 2.45) is 0 Å². The van der Waals surface area contributed by atoms with E-state index in [4.69, 9.17) is 4.74 Å². The van der Waals surface area contributed by atoms with Crippen LogP contribution in [0.15, 0.2) is 42.6 Å². The molecule has 3 heterocycles. The molecule has 0 aliphatic carbocycles. The van der Waals surface area contributed by atoms with Gasteiger partial charge >= 0.3 is 0 Å². The van der Waals surface area contributed by atoms with E-state index in [-0.39, 0.29) is 24.2 Å². The molecule has 1 unspecified atom stereocenters. The zero-order chi connectivity index (χ0) is 21.8. The number of ether oxygens (including phenoxy) is 1. The minimum Gasteiger partial charge on any atom is -0.376 e. The van der Waals surface area contributed by atoms with Crippen molar-refractivity contribution in [2.75, 3.05) is 13.2 Å². The number of H-pyrrole nitrogens is 1. The van der Waals surface area contributed by atoms with E-state index < -0.39 is 11.9 Å². The quantitative estimate of drug-likeness (QED) is 0.543. The maximum atomic E-state index is 13.3. The van der Waals surface area contributed by atoms with Gasteiger partial charge in [-0.1, -0.05) is 12.1 Å². The molecule has 31 heavy (non-hydrogen) atoms. The van der Waals surface area contributed by atoms with Gasteiger partial charge in [-0.3, -0.25) is 14.6 Å². The van der Waals surface area contributed by atoms with Crippen molar-refractivity contribution in [3.63, 3.8) is 0 Å². The van der Waals surface area contributed by atoms with Crippen molar-refractivity contribution in [3.05, 3.63) is 65.4 Å². The Balaban J connectivity index is 1.49. The molecule has 0 saturated carbocycles. The molecular formula is C23H25FN4O3. The molecule has 2 amide bonds. The Morgan fingerprint density at radius 1 is 1.29 bits per heavy atom. The van der Waals surface area contributed by atoms with Crippen LogP contribution in [0, 0.1) is 12.7 Å². The zero-order valence-electron chi connectivity index (χ0n) is 17.3. The van der Waals surface area contributed by atoms with Crippen molar-refractivity contribution in [3.8, 4) is 0 Å². The van der Waals surface area contributed by atoms with Gasteiger partial charge in [0.1, 0.15) is 17.6 Å². The number of hydrogen-bond donors (Lipinski definition) is 3. The maximum absolute atomic E-state index is 13.3. The van der Waals surface area contributed by atoms with E-state index in [2.05, 4.69) is 20.6 Å². The van der Waals surface area contributed by atoms with Crippen LogP contribution >= 0.6 is 0 Å². The molecule has 162 valence electrons. The average Bonchev–Trinajstić information content (AvgIpc) is 3.42. The Kier molecular flexibility index (Phi) is 6.27. The molecule has 1 aromatic carbocycles. The van der Waals surface area contributed by atoms with E-state index in [1.54, 1.807) is 24.4 Å². The van der Waals surface area contributed by atoms with Crippen molar-refractivity contribution >= 4 is 22.7 Å². The molecule has 2 atom stereocenters. The summed E-state index contributed by atoms with van der Waals surface area (Å²) in [5.74, 6) is -1.05. The summed E-state index contributed by atoms with van der Waals surface area (Å²) in [7, 11) is 0. The summed E-state index contributed by atoms with van der Waals surface area (Å²) in [6, 6.07) is 8.70. The number of rotatable bonds is 7. The number of carbonyl (C=O) groups is 2. The molecule has 0 radical (unpaired) electrons. The lowest BCUT2D eigenvalue weighted by Gasteiger charge is -2.19. The number of amides is 2. The lowest BCUT2D eigenvalue weighted by Crippen LogP contribution is -2.49. The topological polar surface area (TPSA) is 96.1 Å². The largest absolute Gasteiger partial charge is 0.376 e. The van der Waals surface area contributed by atoms with Gasteiger partial charge in [-0.05, 0) is 49.6 Å². The highest BCUT2D eigenvalue weighted by Gasteiger charge is 2.24. The first-order chi connectivity index (χ1) is 15.0. The summed E-state index contributed by atoms with van der Waals surface area (Å²) in [5.41, 5.74) is 2.68. The Morgan fingerprint density at radius 3 is 2.84 bits per heavy atom. The first-order valence-electron chi connectivity index (χ1n) is 10.4. The number of aryl methyl sites for hydroxylation is 1. The highest BCUT2D eigenvalue weighted by atomic mass is 19.1. The van der Waals surface area contributed by atoms with Gasteiger partial charge in [0.25, 0.3) is 5.91 Å². The summed E-state index contributed by atoms with van der Waals surface area (Å²) in [6.45, 7) is 2.97. The van der Waals surface area contributed by atoms with Gasteiger partial charge in [0, 0.05) is 30.7 Å². The molecule has 1 aliphatic rings. The molecule has 0 bridgehead atoms. The van der Waals surface area contributed by atoms with Crippen LogP contribution in [0.2, 0.25) is 0 Å². The van der Waals surface area contributed by atoms with E-state index >= 15 is 0 Å². The van der Waals surface area contributed by atoms with Gasteiger partial charge in [0.2, 0.25) is 5.91 Å². The normalized spacial score (nSPS) is 16.9. The van der Waals surface area contributed by atoms with Crippen LogP contribution in [0.5, 0.6) is 0 Å². The highest BCUT2D eigenvalue weighted by Crippen LogP contribution is 2.16. The minimum atomic E-state index is -0.814. The van der Waals surface area contributed by atoms with E-state index in [1.165, 1.54) is 12.1 Å². The van der Waals surface area contributed by atoms with Gasteiger partial charge in [-0.25, -0.2) is 4.39 Å². The lowest BCUT2D eigenvalue weighted by atomic mass is 10.0. The van der Waals surface area contributed by atoms with E-state index in [9.17, 15) is 14.0 Å². The van der Waals surface area contributed by atoms with E-state index in [1.807, 2.05) is 13.0 Å². The number of aromatic nitrogens is 2. The second-order valence-corrected chi connectivity index (χ2v) is 7.83. The molecule has 4 rings (SSSR count). The van der Waals surface area contributed by atoms with Crippen molar-refractivity contribution in [1.29, 1.82) is 0 Å². The summed E-state index contributed by atoms with van der Waals surface area (Å²) >= 11 is 0. The van der Waals surface area contributed by atoms with Crippen LogP contribution in [-0.2, 0) is 16.0 Å². The van der Waals surface area contributed by atoms with Gasteiger partial charge in [0.05, 0.1) is 17.8 Å². The number of aromatic amines is 1.